The number of anilines is 3. The first-order valence-electron chi connectivity index (χ1n) is 17.4. The molecule has 10 aromatic rings. The van der Waals surface area contributed by atoms with Crippen molar-refractivity contribution in [1.82, 2.24) is 4.57 Å². The normalized spacial score (nSPS) is 11.5. The van der Waals surface area contributed by atoms with Crippen molar-refractivity contribution in [2.24, 2.45) is 0 Å². The summed E-state index contributed by atoms with van der Waals surface area (Å²) < 4.78 is 5.05. The number of hydrogen-bond donors (Lipinski definition) is 0. The Morgan fingerprint density at radius 2 is 0.961 bits per heavy atom. The lowest BCUT2D eigenvalue weighted by Crippen LogP contribution is -2.09. The third-order valence-corrected chi connectivity index (χ3v) is 11.2. The number of para-hydroxylation sites is 2. The van der Waals surface area contributed by atoms with Crippen LogP contribution in [0.3, 0.4) is 0 Å². The van der Waals surface area contributed by atoms with E-state index in [1.807, 2.05) is 11.3 Å². The van der Waals surface area contributed by atoms with E-state index < -0.39 is 0 Å². The van der Waals surface area contributed by atoms with Crippen LogP contribution in [0, 0.1) is 0 Å². The number of hydrogen-bond acceptors (Lipinski definition) is 2. The fourth-order valence-corrected chi connectivity index (χ4v) is 8.84. The smallest absolute Gasteiger partial charge is 0.0542 e. The van der Waals surface area contributed by atoms with Gasteiger partial charge in [0.25, 0.3) is 0 Å². The van der Waals surface area contributed by atoms with Gasteiger partial charge >= 0.3 is 0 Å². The van der Waals surface area contributed by atoms with E-state index in [9.17, 15) is 0 Å². The summed E-state index contributed by atoms with van der Waals surface area (Å²) in [5.41, 5.74) is 11.8. The molecule has 2 heterocycles. The molecule has 0 atom stereocenters. The maximum Gasteiger partial charge on any atom is 0.0542 e. The first-order chi connectivity index (χ1) is 25.3. The van der Waals surface area contributed by atoms with E-state index in [0.29, 0.717) is 0 Å². The van der Waals surface area contributed by atoms with Crippen LogP contribution in [0.1, 0.15) is 0 Å². The summed E-state index contributed by atoms with van der Waals surface area (Å²) in [4.78, 5) is 2.37. The average Bonchev–Trinajstić information content (AvgIpc) is 3.75. The molecule has 0 N–H and O–H groups in total. The van der Waals surface area contributed by atoms with Crippen molar-refractivity contribution in [2.45, 2.75) is 0 Å². The Morgan fingerprint density at radius 3 is 1.76 bits per heavy atom. The van der Waals surface area contributed by atoms with E-state index in [0.717, 1.165) is 22.7 Å². The molecule has 51 heavy (non-hydrogen) atoms. The lowest BCUT2D eigenvalue weighted by molar-refractivity contribution is 1.18. The van der Waals surface area contributed by atoms with E-state index >= 15 is 0 Å². The summed E-state index contributed by atoms with van der Waals surface area (Å²) in [7, 11) is 0. The van der Waals surface area contributed by atoms with Crippen molar-refractivity contribution in [3.8, 4) is 27.9 Å². The van der Waals surface area contributed by atoms with Gasteiger partial charge in [-0.15, -0.1) is 11.3 Å². The van der Waals surface area contributed by atoms with Gasteiger partial charge in [0.05, 0.1) is 11.0 Å². The van der Waals surface area contributed by atoms with Crippen LogP contribution in [-0.2, 0) is 0 Å². The Hall–Kier alpha value is -6.42. The van der Waals surface area contributed by atoms with Crippen LogP contribution in [0.2, 0.25) is 0 Å². The van der Waals surface area contributed by atoms with Crippen LogP contribution >= 0.6 is 11.3 Å². The summed E-state index contributed by atoms with van der Waals surface area (Å²) >= 11 is 1.88. The Balaban J connectivity index is 1.08. The summed E-state index contributed by atoms with van der Waals surface area (Å²) in [5, 5.41) is 5.11. The zero-order valence-corrected chi connectivity index (χ0v) is 28.6. The van der Waals surface area contributed by atoms with E-state index in [1.54, 1.807) is 0 Å². The van der Waals surface area contributed by atoms with Gasteiger partial charge in [0.15, 0.2) is 0 Å². The van der Waals surface area contributed by atoms with E-state index in [2.05, 4.69) is 204 Å². The van der Waals surface area contributed by atoms with Gasteiger partial charge in [-0.3, -0.25) is 0 Å². The van der Waals surface area contributed by atoms with E-state index in [1.165, 1.54) is 64.2 Å². The molecule has 0 aliphatic rings. The summed E-state index contributed by atoms with van der Waals surface area (Å²) in [6, 6.07) is 70.3. The Kier molecular flexibility index (Phi) is 7.04. The van der Waals surface area contributed by atoms with Crippen molar-refractivity contribution in [3.05, 3.63) is 194 Å². The molecule has 3 heteroatoms. The van der Waals surface area contributed by atoms with Gasteiger partial charge in [0, 0.05) is 53.7 Å². The van der Waals surface area contributed by atoms with Crippen molar-refractivity contribution >= 4 is 70.4 Å². The molecule has 8 aromatic carbocycles. The number of thiophene rings is 1. The monoisotopic (exact) mass is 668 g/mol. The summed E-state index contributed by atoms with van der Waals surface area (Å²) in [6.07, 6.45) is 0. The fourth-order valence-electron chi connectivity index (χ4n) is 7.60. The average molecular weight is 669 g/mol. The second-order valence-electron chi connectivity index (χ2n) is 13.0. The highest BCUT2D eigenvalue weighted by molar-refractivity contribution is 7.26. The Bertz CT molecular complexity index is 2830. The standard InChI is InChI=1S/C48H32N2S/c1-3-12-33(13-4-1)34-22-26-38(27-23-34)50-45-20-9-7-16-41(45)44-32-39(30-31-46(44)50)49(36-14-5-2-6-15-36)37-28-24-35(25-29-37)40-18-11-19-43-42-17-8-10-21-47(42)51-48(40)43/h1-32H. The molecule has 240 valence electrons. The Labute approximate surface area is 300 Å². The highest BCUT2D eigenvalue weighted by atomic mass is 32.1. The lowest BCUT2D eigenvalue weighted by atomic mass is 10.0. The summed E-state index contributed by atoms with van der Waals surface area (Å²) in [5.74, 6) is 0. The molecule has 0 amide bonds. The molecule has 0 spiro atoms. The molecule has 0 bridgehead atoms. The lowest BCUT2D eigenvalue weighted by Gasteiger charge is -2.26. The van der Waals surface area contributed by atoms with Crippen LogP contribution in [0.5, 0.6) is 0 Å². The van der Waals surface area contributed by atoms with Gasteiger partial charge in [0.1, 0.15) is 0 Å². The van der Waals surface area contributed by atoms with Crippen LogP contribution < -0.4 is 4.90 Å². The third kappa shape index (κ3) is 5.01. The maximum atomic E-state index is 2.39. The quantitative estimate of drug-likeness (QED) is 0.171. The van der Waals surface area contributed by atoms with Crippen molar-refractivity contribution < 1.29 is 0 Å². The van der Waals surface area contributed by atoms with Crippen LogP contribution in [-0.4, -0.2) is 4.57 Å². The molecule has 2 nitrogen and oxygen atoms in total. The van der Waals surface area contributed by atoms with Crippen molar-refractivity contribution in [2.75, 3.05) is 4.90 Å². The van der Waals surface area contributed by atoms with Gasteiger partial charge in [-0.25, -0.2) is 0 Å². The molecule has 0 saturated carbocycles. The largest absolute Gasteiger partial charge is 0.310 e. The van der Waals surface area contributed by atoms with Gasteiger partial charge < -0.3 is 9.47 Å². The molecule has 0 saturated heterocycles. The number of fused-ring (bicyclic) bond motifs is 6. The minimum absolute atomic E-state index is 1.12. The number of benzene rings is 8. The van der Waals surface area contributed by atoms with Crippen molar-refractivity contribution in [1.29, 1.82) is 0 Å². The first-order valence-corrected chi connectivity index (χ1v) is 18.2. The van der Waals surface area contributed by atoms with Crippen molar-refractivity contribution in [3.63, 3.8) is 0 Å². The second kappa shape index (κ2) is 12.2. The van der Waals surface area contributed by atoms with E-state index in [4.69, 9.17) is 0 Å². The minimum Gasteiger partial charge on any atom is -0.310 e. The molecule has 0 aliphatic carbocycles. The highest BCUT2D eigenvalue weighted by Gasteiger charge is 2.18. The molecular weight excluding hydrogens is 637 g/mol. The number of rotatable bonds is 6. The molecule has 0 unspecified atom stereocenters. The minimum atomic E-state index is 1.12. The summed E-state index contributed by atoms with van der Waals surface area (Å²) in [6.45, 7) is 0. The van der Waals surface area contributed by atoms with Crippen LogP contribution in [0.15, 0.2) is 194 Å². The predicted molar refractivity (Wildman–Crippen MR) is 219 cm³/mol. The number of nitrogens with zero attached hydrogens (tertiary/aromatic N) is 2. The fraction of sp³-hybridized carbons (Fsp3) is 0. The predicted octanol–water partition coefficient (Wildman–Crippen LogP) is 14.0. The zero-order chi connectivity index (χ0) is 33.7. The van der Waals surface area contributed by atoms with Gasteiger partial charge in [-0.2, -0.15) is 0 Å². The zero-order valence-electron chi connectivity index (χ0n) is 27.8. The molecule has 0 fully saturated rings. The molecule has 0 aliphatic heterocycles. The number of aromatic nitrogens is 1. The maximum absolute atomic E-state index is 2.39. The van der Waals surface area contributed by atoms with E-state index in [-0.39, 0.29) is 0 Å². The van der Waals surface area contributed by atoms with Gasteiger partial charge in [-0.1, -0.05) is 127 Å². The first kappa shape index (κ1) is 29.5. The molecule has 0 radical (unpaired) electrons. The topological polar surface area (TPSA) is 8.17 Å². The Morgan fingerprint density at radius 1 is 0.373 bits per heavy atom. The van der Waals surface area contributed by atoms with Crippen LogP contribution in [0.4, 0.5) is 17.1 Å². The molecular formula is C48H32N2S. The molecule has 10 rings (SSSR count). The third-order valence-electron chi connectivity index (χ3n) is 10.0. The molecule has 2 aromatic heterocycles. The van der Waals surface area contributed by atoms with Crippen LogP contribution in [0.25, 0.3) is 69.9 Å². The van der Waals surface area contributed by atoms with Gasteiger partial charge in [-0.05, 0) is 89.0 Å². The second-order valence-corrected chi connectivity index (χ2v) is 14.0. The SMILES string of the molecule is c1ccc(-c2ccc(-n3c4ccccc4c4cc(N(c5ccccc5)c5ccc(-c6cccc7c6sc6ccccc67)cc5)ccc43)cc2)cc1. The highest BCUT2D eigenvalue weighted by Crippen LogP contribution is 2.43. The van der Waals surface area contributed by atoms with Gasteiger partial charge in [0.2, 0.25) is 0 Å².